The number of hydrogen-bond acceptors (Lipinski definition) is 3. The van der Waals surface area contributed by atoms with Crippen molar-refractivity contribution in [3.63, 3.8) is 0 Å². The smallest absolute Gasteiger partial charge is 0.158 e. The van der Waals surface area contributed by atoms with Crippen molar-refractivity contribution >= 4 is 17.4 Å². The van der Waals surface area contributed by atoms with Gasteiger partial charge in [-0.1, -0.05) is 6.42 Å². The van der Waals surface area contributed by atoms with Gasteiger partial charge in [0.2, 0.25) is 0 Å². The van der Waals surface area contributed by atoms with Crippen LogP contribution in [0, 0.1) is 0 Å². The molecule has 1 aromatic rings. The first-order chi connectivity index (χ1) is 8.60. The number of halogens is 1. The molecule has 98 valence electrons. The lowest BCUT2D eigenvalue weighted by molar-refractivity contribution is -0.123. The van der Waals surface area contributed by atoms with E-state index in [1.165, 1.54) is 0 Å². The minimum atomic E-state index is -0.917. The summed E-state index contributed by atoms with van der Waals surface area (Å²) in [7, 11) is 3.17. The Hall–Kier alpha value is -1.22. The molecule has 4 heteroatoms. The fraction of sp³-hybridized carbons (Fsp3) is 0.500. The summed E-state index contributed by atoms with van der Waals surface area (Å²) in [6.07, 6.45) is 3.11. The zero-order valence-electron chi connectivity index (χ0n) is 10.7. The molecule has 1 fully saturated rings. The zero-order chi connectivity index (χ0) is 13.2. The minimum absolute atomic E-state index is 0.0886. The molecule has 0 aliphatic heterocycles. The number of methoxy groups -OCH3 is 2. The number of carbonyl (C=O) groups is 1. The minimum Gasteiger partial charge on any atom is -0.497 e. The van der Waals surface area contributed by atoms with Crippen molar-refractivity contribution in [1.29, 1.82) is 0 Å². The van der Waals surface area contributed by atoms with Crippen molar-refractivity contribution in [2.75, 3.05) is 14.2 Å². The Bertz CT molecular complexity index is 436. The Morgan fingerprint density at radius 2 is 1.72 bits per heavy atom. The number of alkyl halides is 1. The van der Waals surface area contributed by atoms with E-state index in [2.05, 4.69) is 0 Å². The molecule has 1 aromatic carbocycles. The van der Waals surface area contributed by atoms with Crippen LogP contribution in [0.4, 0.5) is 0 Å². The lowest BCUT2D eigenvalue weighted by Crippen LogP contribution is -2.33. The standard InChI is InChI=1S/C14H17ClO3/c1-17-11-7-10(8-12(9-11)18-2)14(15)6-4-3-5-13(14)16/h7-9H,3-6H2,1-2H3. The van der Waals surface area contributed by atoms with E-state index in [1.807, 2.05) is 12.1 Å². The van der Waals surface area contributed by atoms with Crippen LogP contribution in [0.25, 0.3) is 0 Å². The van der Waals surface area contributed by atoms with E-state index >= 15 is 0 Å². The molecule has 1 aliphatic carbocycles. The second-order valence-electron chi connectivity index (χ2n) is 4.53. The van der Waals surface area contributed by atoms with Crippen molar-refractivity contribution in [2.45, 2.75) is 30.6 Å². The zero-order valence-corrected chi connectivity index (χ0v) is 11.4. The van der Waals surface area contributed by atoms with Crippen LogP contribution in [-0.4, -0.2) is 20.0 Å². The molecule has 3 nitrogen and oxygen atoms in total. The maximum Gasteiger partial charge on any atom is 0.158 e. The third-order valence-corrected chi connectivity index (χ3v) is 4.04. The van der Waals surface area contributed by atoms with Gasteiger partial charge in [-0.2, -0.15) is 0 Å². The lowest BCUT2D eigenvalue weighted by atomic mass is 9.82. The first-order valence-corrected chi connectivity index (χ1v) is 6.43. The number of ether oxygens (including phenoxy) is 2. The van der Waals surface area contributed by atoms with Crippen LogP contribution in [-0.2, 0) is 9.67 Å². The molecule has 0 bridgehead atoms. The van der Waals surface area contributed by atoms with E-state index in [0.29, 0.717) is 24.3 Å². The maximum atomic E-state index is 12.1. The molecule has 0 N–H and O–H groups in total. The van der Waals surface area contributed by atoms with Gasteiger partial charge in [0, 0.05) is 12.5 Å². The summed E-state index contributed by atoms with van der Waals surface area (Å²) in [4.78, 5) is 11.2. The van der Waals surface area contributed by atoms with Gasteiger partial charge in [0.05, 0.1) is 14.2 Å². The highest BCUT2D eigenvalue weighted by Crippen LogP contribution is 2.42. The molecule has 0 heterocycles. The van der Waals surface area contributed by atoms with Gasteiger partial charge < -0.3 is 9.47 Å². The van der Waals surface area contributed by atoms with Crippen LogP contribution in [0.1, 0.15) is 31.2 Å². The molecule has 1 saturated carbocycles. The fourth-order valence-corrected chi connectivity index (χ4v) is 2.67. The second kappa shape index (κ2) is 5.19. The molecular weight excluding hydrogens is 252 g/mol. The summed E-state index contributed by atoms with van der Waals surface area (Å²) in [5.41, 5.74) is 0.769. The normalized spacial score (nSPS) is 23.8. The van der Waals surface area contributed by atoms with Crippen LogP contribution < -0.4 is 9.47 Å². The number of rotatable bonds is 3. The molecule has 2 rings (SSSR count). The van der Waals surface area contributed by atoms with Crippen molar-refractivity contribution < 1.29 is 14.3 Å². The Morgan fingerprint density at radius 3 is 2.22 bits per heavy atom. The van der Waals surface area contributed by atoms with E-state index in [-0.39, 0.29) is 5.78 Å². The summed E-state index contributed by atoms with van der Waals surface area (Å²) in [6, 6.07) is 5.41. The monoisotopic (exact) mass is 268 g/mol. The number of carbonyl (C=O) groups excluding carboxylic acids is 1. The summed E-state index contributed by atoms with van der Waals surface area (Å²) in [6.45, 7) is 0. The molecule has 1 atom stereocenters. The summed E-state index contributed by atoms with van der Waals surface area (Å²) < 4.78 is 10.4. The average Bonchev–Trinajstić information content (AvgIpc) is 2.41. The molecule has 0 spiro atoms. The van der Waals surface area contributed by atoms with Crippen LogP contribution in [0.15, 0.2) is 18.2 Å². The Balaban J connectivity index is 2.45. The SMILES string of the molecule is COc1cc(OC)cc(C2(Cl)CCCCC2=O)c1. The first-order valence-electron chi connectivity index (χ1n) is 6.06. The molecule has 0 amide bonds. The Labute approximate surface area is 112 Å². The molecule has 18 heavy (non-hydrogen) atoms. The van der Waals surface area contributed by atoms with Crippen molar-refractivity contribution in [1.82, 2.24) is 0 Å². The van der Waals surface area contributed by atoms with E-state index in [4.69, 9.17) is 21.1 Å². The van der Waals surface area contributed by atoms with Gasteiger partial charge in [-0.25, -0.2) is 0 Å². The fourth-order valence-electron chi connectivity index (χ4n) is 2.33. The number of hydrogen-bond donors (Lipinski definition) is 0. The highest BCUT2D eigenvalue weighted by atomic mass is 35.5. The van der Waals surface area contributed by atoms with E-state index in [1.54, 1.807) is 20.3 Å². The highest BCUT2D eigenvalue weighted by molar-refractivity contribution is 6.35. The molecule has 1 aliphatic rings. The van der Waals surface area contributed by atoms with Gasteiger partial charge in [-0.15, -0.1) is 11.6 Å². The Morgan fingerprint density at radius 1 is 1.11 bits per heavy atom. The maximum absolute atomic E-state index is 12.1. The van der Waals surface area contributed by atoms with Crippen molar-refractivity contribution in [3.05, 3.63) is 23.8 Å². The van der Waals surface area contributed by atoms with Gasteiger partial charge >= 0.3 is 0 Å². The molecule has 0 saturated heterocycles. The molecule has 0 aromatic heterocycles. The average molecular weight is 269 g/mol. The summed E-state index contributed by atoms with van der Waals surface area (Å²) in [5, 5.41) is 0. The summed E-state index contributed by atoms with van der Waals surface area (Å²) in [5.74, 6) is 1.40. The lowest BCUT2D eigenvalue weighted by Gasteiger charge is -2.30. The summed E-state index contributed by atoms with van der Waals surface area (Å²) >= 11 is 6.55. The molecular formula is C14H17ClO3. The van der Waals surface area contributed by atoms with Crippen LogP contribution >= 0.6 is 11.6 Å². The predicted octanol–water partition coefficient (Wildman–Crippen LogP) is 3.28. The van der Waals surface area contributed by atoms with E-state index in [9.17, 15) is 4.79 Å². The van der Waals surface area contributed by atoms with Crippen LogP contribution in [0.2, 0.25) is 0 Å². The Kier molecular flexibility index (Phi) is 3.81. The van der Waals surface area contributed by atoms with Crippen molar-refractivity contribution in [3.8, 4) is 11.5 Å². The second-order valence-corrected chi connectivity index (χ2v) is 5.18. The van der Waals surface area contributed by atoms with Gasteiger partial charge in [0.1, 0.15) is 16.4 Å². The van der Waals surface area contributed by atoms with Gasteiger partial charge in [0.15, 0.2) is 5.78 Å². The van der Waals surface area contributed by atoms with Gasteiger partial charge in [-0.05, 0) is 30.5 Å². The van der Waals surface area contributed by atoms with Gasteiger partial charge in [0.25, 0.3) is 0 Å². The van der Waals surface area contributed by atoms with E-state index < -0.39 is 4.87 Å². The quantitative estimate of drug-likeness (QED) is 0.789. The van der Waals surface area contributed by atoms with Crippen LogP contribution in [0.3, 0.4) is 0 Å². The van der Waals surface area contributed by atoms with Crippen molar-refractivity contribution in [2.24, 2.45) is 0 Å². The first kappa shape index (κ1) is 13.2. The van der Waals surface area contributed by atoms with Gasteiger partial charge in [-0.3, -0.25) is 4.79 Å². The topological polar surface area (TPSA) is 35.5 Å². The largest absolute Gasteiger partial charge is 0.497 e. The number of benzene rings is 1. The third kappa shape index (κ3) is 2.32. The van der Waals surface area contributed by atoms with Crippen LogP contribution in [0.5, 0.6) is 11.5 Å². The molecule has 0 radical (unpaired) electrons. The predicted molar refractivity (Wildman–Crippen MR) is 70.6 cm³/mol. The third-order valence-electron chi connectivity index (χ3n) is 3.43. The number of Topliss-reactive ketones (excluding diaryl/α,β-unsaturated/α-hetero) is 1. The highest BCUT2D eigenvalue weighted by Gasteiger charge is 2.40. The number of ketones is 1. The molecule has 1 unspecified atom stereocenters. The van der Waals surface area contributed by atoms with E-state index in [0.717, 1.165) is 18.4 Å².